The zero-order chi connectivity index (χ0) is 14.7. The lowest BCUT2D eigenvalue weighted by atomic mass is 10.1. The van der Waals surface area contributed by atoms with Crippen LogP contribution in [0.3, 0.4) is 0 Å². The molecule has 0 amide bonds. The summed E-state index contributed by atoms with van der Waals surface area (Å²) in [7, 11) is 0. The summed E-state index contributed by atoms with van der Waals surface area (Å²) in [6, 6.07) is 7.05. The van der Waals surface area contributed by atoms with Crippen molar-refractivity contribution in [1.29, 1.82) is 5.26 Å². The van der Waals surface area contributed by atoms with Gasteiger partial charge in [-0.15, -0.1) is 0 Å². The third-order valence-electron chi connectivity index (χ3n) is 2.61. The van der Waals surface area contributed by atoms with Crippen LogP contribution in [-0.2, 0) is 0 Å². The maximum atomic E-state index is 13.9. The second kappa shape index (κ2) is 5.55. The molecular formula is C13H7ClFN3O2. The molecular weight excluding hydrogens is 285 g/mol. The van der Waals surface area contributed by atoms with E-state index in [2.05, 4.69) is 5.16 Å². The average Bonchev–Trinajstić information content (AvgIpc) is 2.44. The van der Waals surface area contributed by atoms with Crippen LogP contribution in [0.4, 0.5) is 4.39 Å². The van der Waals surface area contributed by atoms with Crippen LogP contribution in [0.1, 0.15) is 11.1 Å². The molecule has 7 heteroatoms. The molecule has 20 heavy (non-hydrogen) atoms. The van der Waals surface area contributed by atoms with Gasteiger partial charge >= 0.3 is 0 Å². The molecule has 0 aliphatic heterocycles. The number of hydrogen-bond donors (Lipinski definition) is 1. The van der Waals surface area contributed by atoms with Gasteiger partial charge in [-0.3, -0.25) is 9.36 Å². The summed E-state index contributed by atoms with van der Waals surface area (Å²) in [4.78, 5) is 12.2. The molecule has 0 aliphatic rings. The average molecular weight is 292 g/mol. The zero-order valence-corrected chi connectivity index (χ0v) is 10.7. The zero-order valence-electron chi connectivity index (χ0n) is 9.92. The van der Waals surface area contributed by atoms with E-state index in [1.165, 1.54) is 24.4 Å². The number of nitriles is 1. The smallest absolute Gasteiger partial charge is 0.265 e. The van der Waals surface area contributed by atoms with E-state index in [-0.39, 0.29) is 21.8 Å². The lowest BCUT2D eigenvalue weighted by Crippen LogP contribution is -2.23. The highest BCUT2D eigenvalue weighted by atomic mass is 35.5. The van der Waals surface area contributed by atoms with Gasteiger partial charge < -0.3 is 5.21 Å². The molecule has 0 atom stereocenters. The first-order chi connectivity index (χ1) is 9.60. The van der Waals surface area contributed by atoms with Crippen LogP contribution in [0.25, 0.3) is 5.69 Å². The number of para-hydroxylation sites is 1. The van der Waals surface area contributed by atoms with E-state index >= 15 is 0 Å². The third kappa shape index (κ3) is 2.27. The number of oxime groups is 1. The van der Waals surface area contributed by atoms with Crippen molar-refractivity contribution in [1.82, 2.24) is 4.57 Å². The van der Waals surface area contributed by atoms with Crippen molar-refractivity contribution in [2.75, 3.05) is 0 Å². The Hall–Kier alpha value is -2.65. The fraction of sp³-hybridized carbons (Fsp3) is 0. The summed E-state index contributed by atoms with van der Waals surface area (Å²) >= 11 is 5.81. The van der Waals surface area contributed by atoms with Crippen molar-refractivity contribution >= 4 is 17.8 Å². The molecule has 0 radical (unpaired) electrons. The maximum Gasteiger partial charge on any atom is 0.265 e. The lowest BCUT2D eigenvalue weighted by Gasteiger charge is -2.10. The van der Waals surface area contributed by atoms with Crippen LogP contribution in [0.15, 0.2) is 40.4 Å². The Bertz CT molecular complexity index is 793. The molecule has 0 fully saturated rings. The molecule has 0 aliphatic carbocycles. The normalized spacial score (nSPS) is 10.7. The van der Waals surface area contributed by atoms with Crippen molar-refractivity contribution in [2.24, 2.45) is 5.16 Å². The molecule has 1 N–H and O–H groups in total. The first-order valence-corrected chi connectivity index (χ1v) is 5.75. The van der Waals surface area contributed by atoms with Gasteiger partial charge in [-0.1, -0.05) is 22.8 Å². The molecule has 0 unspecified atom stereocenters. The molecule has 5 nitrogen and oxygen atoms in total. The minimum atomic E-state index is -0.722. The van der Waals surface area contributed by atoms with E-state index in [1.54, 1.807) is 0 Å². The van der Waals surface area contributed by atoms with Gasteiger partial charge in [0.15, 0.2) is 0 Å². The monoisotopic (exact) mass is 291 g/mol. The number of pyridine rings is 1. The van der Waals surface area contributed by atoms with Crippen molar-refractivity contribution < 1.29 is 9.60 Å². The molecule has 0 bridgehead atoms. The molecule has 1 aromatic carbocycles. The predicted molar refractivity (Wildman–Crippen MR) is 71.1 cm³/mol. The van der Waals surface area contributed by atoms with E-state index in [9.17, 15) is 9.18 Å². The van der Waals surface area contributed by atoms with Crippen molar-refractivity contribution in [3.8, 4) is 11.8 Å². The molecule has 2 aromatic rings. The molecule has 0 spiro atoms. The fourth-order valence-electron chi connectivity index (χ4n) is 1.73. The van der Waals surface area contributed by atoms with Gasteiger partial charge in [-0.05, 0) is 18.2 Å². The summed E-state index contributed by atoms with van der Waals surface area (Å²) in [6.45, 7) is 0. The SMILES string of the molecule is N#Cc1cccc(F)c1-n1ccc(Cl)c(/C=N/O)c1=O. The first kappa shape index (κ1) is 13.8. The Labute approximate surface area is 117 Å². The maximum absolute atomic E-state index is 13.9. The van der Waals surface area contributed by atoms with Crippen molar-refractivity contribution in [3.05, 3.63) is 62.8 Å². The fourth-order valence-corrected chi connectivity index (χ4v) is 1.92. The number of hydrogen-bond acceptors (Lipinski definition) is 4. The lowest BCUT2D eigenvalue weighted by molar-refractivity contribution is 0.322. The Kier molecular flexibility index (Phi) is 3.82. The highest BCUT2D eigenvalue weighted by Crippen LogP contribution is 2.18. The van der Waals surface area contributed by atoms with E-state index in [0.717, 1.165) is 16.8 Å². The minimum absolute atomic E-state index is 0.00121. The standard InChI is InChI=1S/C13H7ClFN3O2/c14-10-4-5-18(13(19)9(10)7-17-20)12-8(6-16)2-1-3-11(12)15/h1-5,7,20H/b17-7+. The molecule has 1 aromatic heterocycles. The van der Waals surface area contributed by atoms with Crippen LogP contribution in [0, 0.1) is 17.1 Å². The number of rotatable bonds is 2. The Balaban J connectivity index is 2.83. The number of aromatic nitrogens is 1. The van der Waals surface area contributed by atoms with Crippen LogP contribution in [0.5, 0.6) is 0 Å². The molecule has 0 saturated heterocycles. The van der Waals surface area contributed by atoms with E-state index in [4.69, 9.17) is 22.1 Å². The Morgan fingerprint density at radius 2 is 2.20 bits per heavy atom. The highest BCUT2D eigenvalue weighted by molar-refractivity contribution is 6.33. The van der Waals surface area contributed by atoms with Gasteiger partial charge in [-0.25, -0.2) is 4.39 Å². The largest absolute Gasteiger partial charge is 0.411 e. The quantitative estimate of drug-likeness (QED) is 0.524. The molecule has 1 heterocycles. The van der Waals surface area contributed by atoms with Gasteiger partial charge in [0.25, 0.3) is 5.56 Å². The Morgan fingerprint density at radius 1 is 1.45 bits per heavy atom. The van der Waals surface area contributed by atoms with Gasteiger partial charge in [-0.2, -0.15) is 5.26 Å². The number of benzene rings is 1. The molecule has 100 valence electrons. The number of nitrogens with zero attached hydrogens (tertiary/aromatic N) is 3. The van der Waals surface area contributed by atoms with Gasteiger partial charge in [0.1, 0.15) is 17.6 Å². The van der Waals surface area contributed by atoms with Crippen LogP contribution < -0.4 is 5.56 Å². The van der Waals surface area contributed by atoms with Gasteiger partial charge in [0, 0.05) is 6.20 Å². The van der Waals surface area contributed by atoms with E-state index in [1.807, 2.05) is 6.07 Å². The van der Waals surface area contributed by atoms with E-state index < -0.39 is 11.4 Å². The summed E-state index contributed by atoms with van der Waals surface area (Å²) in [5.74, 6) is -0.722. The van der Waals surface area contributed by atoms with Gasteiger partial charge in [0.05, 0.1) is 22.4 Å². The second-order valence-corrected chi connectivity index (χ2v) is 4.15. The van der Waals surface area contributed by atoms with Crippen molar-refractivity contribution in [2.45, 2.75) is 0 Å². The van der Waals surface area contributed by atoms with Crippen LogP contribution in [-0.4, -0.2) is 16.0 Å². The summed E-state index contributed by atoms with van der Waals surface area (Å²) in [5, 5.41) is 20.3. The van der Waals surface area contributed by atoms with Crippen LogP contribution in [0.2, 0.25) is 5.02 Å². The van der Waals surface area contributed by atoms with Crippen molar-refractivity contribution in [3.63, 3.8) is 0 Å². The number of halogens is 2. The van der Waals surface area contributed by atoms with E-state index in [0.29, 0.717) is 0 Å². The second-order valence-electron chi connectivity index (χ2n) is 3.74. The summed E-state index contributed by atoms with van der Waals surface area (Å²) in [6.07, 6.45) is 2.10. The predicted octanol–water partition coefficient (Wildman–Crippen LogP) is 2.31. The molecule has 0 saturated carbocycles. The van der Waals surface area contributed by atoms with Crippen LogP contribution >= 0.6 is 11.6 Å². The summed E-state index contributed by atoms with van der Waals surface area (Å²) in [5.41, 5.74) is -0.980. The third-order valence-corrected chi connectivity index (χ3v) is 2.94. The molecule has 2 rings (SSSR count). The topological polar surface area (TPSA) is 78.4 Å². The highest BCUT2D eigenvalue weighted by Gasteiger charge is 2.15. The first-order valence-electron chi connectivity index (χ1n) is 5.37. The Morgan fingerprint density at radius 3 is 2.85 bits per heavy atom. The van der Waals surface area contributed by atoms with Gasteiger partial charge in [0.2, 0.25) is 0 Å². The minimum Gasteiger partial charge on any atom is -0.411 e. The summed E-state index contributed by atoms with van der Waals surface area (Å²) < 4.78 is 14.8.